The van der Waals surface area contributed by atoms with Crippen LogP contribution in [0.3, 0.4) is 0 Å². The molecule has 172 valence electrons. The Hall–Kier alpha value is -3.52. The molecule has 1 atom stereocenters. The van der Waals surface area contributed by atoms with E-state index in [0.29, 0.717) is 18.8 Å². The highest BCUT2D eigenvalue weighted by Gasteiger charge is 2.34. The predicted octanol–water partition coefficient (Wildman–Crippen LogP) is 3.93. The molecule has 2 aromatic carbocycles. The molecule has 0 unspecified atom stereocenters. The first-order valence-corrected chi connectivity index (χ1v) is 10.9. The highest BCUT2D eigenvalue weighted by Crippen LogP contribution is 2.30. The molecule has 0 bridgehead atoms. The average Bonchev–Trinajstić information content (AvgIpc) is 2.81. The van der Waals surface area contributed by atoms with Crippen LogP contribution >= 0.6 is 0 Å². The van der Waals surface area contributed by atoms with Crippen LogP contribution in [0.1, 0.15) is 30.5 Å². The van der Waals surface area contributed by atoms with Gasteiger partial charge in [0.1, 0.15) is 0 Å². The van der Waals surface area contributed by atoms with Crippen molar-refractivity contribution in [1.29, 1.82) is 0 Å². The number of halogens is 2. The molecular weight excluding hydrogens is 428 g/mol. The van der Waals surface area contributed by atoms with E-state index in [0.717, 1.165) is 25.1 Å². The van der Waals surface area contributed by atoms with E-state index in [9.17, 15) is 18.4 Å². The van der Waals surface area contributed by atoms with E-state index in [2.05, 4.69) is 33.7 Å². The van der Waals surface area contributed by atoms with Gasteiger partial charge in [-0.2, -0.15) is 0 Å². The molecule has 0 saturated heterocycles. The SMILES string of the molecule is CCOC(=O)C1=C(CN2CC=C(c3ccccc3)CC2)NC(=O)N[C@H]1c1ccc(F)c(F)c1. The first-order valence-electron chi connectivity index (χ1n) is 10.9. The Morgan fingerprint density at radius 2 is 1.94 bits per heavy atom. The second kappa shape index (κ2) is 9.95. The number of urea groups is 1. The lowest BCUT2D eigenvalue weighted by atomic mass is 9.94. The zero-order valence-electron chi connectivity index (χ0n) is 18.2. The van der Waals surface area contributed by atoms with Crippen molar-refractivity contribution in [3.8, 4) is 0 Å². The van der Waals surface area contributed by atoms with E-state index in [1.807, 2.05) is 18.2 Å². The first-order chi connectivity index (χ1) is 16.0. The molecule has 2 amide bonds. The fourth-order valence-electron chi connectivity index (χ4n) is 4.13. The number of hydrogen-bond donors (Lipinski definition) is 2. The molecule has 2 aromatic rings. The maximum Gasteiger partial charge on any atom is 0.338 e. The summed E-state index contributed by atoms with van der Waals surface area (Å²) in [7, 11) is 0. The Labute approximate surface area is 190 Å². The lowest BCUT2D eigenvalue weighted by molar-refractivity contribution is -0.139. The van der Waals surface area contributed by atoms with Gasteiger partial charge in [0.05, 0.1) is 18.2 Å². The number of carbonyl (C=O) groups is 2. The Kier molecular flexibility index (Phi) is 6.84. The van der Waals surface area contributed by atoms with Crippen molar-refractivity contribution in [1.82, 2.24) is 15.5 Å². The van der Waals surface area contributed by atoms with Crippen molar-refractivity contribution >= 4 is 17.6 Å². The molecule has 2 aliphatic rings. The predicted molar refractivity (Wildman–Crippen MR) is 120 cm³/mol. The molecule has 0 radical (unpaired) electrons. The fraction of sp³-hybridized carbons (Fsp3) is 0.280. The van der Waals surface area contributed by atoms with Crippen molar-refractivity contribution in [2.45, 2.75) is 19.4 Å². The van der Waals surface area contributed by atoms with Crippen LogP contribution < -0.4 is 10.6 Å². The maximum absolute atomic E-state index is 13.9. The summed E-state index contributed by atoms with van der Waals surface area (Å²) in [4.78, 5) is 27.4. The van der Waals surface area contributed by atoms with Gasteiger partial charge >= 0.3 is 12.0 Å². The van der Waals surface area contributed by atoms with Crippen LogP contribution in [0, 0.1) is 11.6 Å². The summed E-state index contributed by atoms with van der Waals surface area (Å²) in [5.74, 6) is -2.68. The number of benzene rings is 2. The monoisotopic (exact) mass is 453 g/mol. The van der Waals surface area contributed by atoms with Crippen molar-refractivity contribution in [3.05, 3.63) is 88.6 Å². The second-order valence-corrected chi connectivity index (χ2v) is 7.90. The van der Waals surface area contributed by atoms with Gasteiger partial charge in [-0.05, 0) is 42.2 Å². The Balaban J connectivity index is 1.62. The van der Waals surface area contributed by atoms with Crippen LogP contribution in [-0.4, -0.2) is 43.1 Å². The van der Waals surface area contributed by atoms with Gasteiger partial charge in [-0.1, -0.05) is 42.5 Å². The van der Waals surface area contributed by atoms with Gasteiger partial charge in [0.15, 0.2) is 11.6 Å². The minimum Gasteiger partial charge on any atom is -0.463 e. The standard InChI is InChI=1S/C25H25F2N3O3/c1-2-33-24(31)22-21(15-30-12-10-17(11-13-30)16-6-4-3-5-7-16)28-25(32)29-23(22)18-8-9-19(26)20(27)14-18/h3-10,14,23H,2,11-13,15H2,1H3,(H2,28,29,32)/t23-/m0/s1. The average molecular weight is 453 g/mol. The number of rotatable bonds is 6. The summed E-state index contributed by atoms with van der Waals surface area (Å²) in [5.41, 5.74) is 3.26. The number of amides is 2. The largest absolute Gasteiger partial charge is 0.463 e. The van der Waals surface area contributed by atoms with E-state index in [-0.39, 0.29) is 17.7 Å². The van der Waals surface area contributed by atoms with E-state index in [1.165, 1.54) is 17.2 Å². The van der Waals surface area contributed by atoms with E-state index in [1.54, 1.807) is 6.92 Å². The minimum absolute atomic E-state index is 0.140. The van der Waals surface area contributed by atoms with Crippen LogP contribution in [0.4, 0.5) is 13.6 Å². The summed E-state index contributed by atoms with van der Waals surface area (Å²) in [6.45, 7) is 3.50. The first kappa shape index (κ1) is 22.7. The van der Waals surface area contributed by atoms with Gasteiger partial charge in [0, 0.05) is 25.3 Å². The van der Waals surface area contributed by atoms with Crippen LogP contribution in [0.15, 0.2) is 65.9 Å². The maximum atomic E-state index is 13.9. The van der Waals surface area contributed by atoms with Crippen molar-refractivity contribution in [2.75, 3.05) is 26.2 Å². The number of esters is 1. The van der Waals surface area contributed by atoms with Crippen molar-refractivity contribution in [2.24, 2.45) is 0 Å². The number of nitrogens with zero attached hydrogens (tertiary/aromatic N) is 1. The summed E-state index contributed by atoms with van der Waals surface area (Å²) >= 11 is 0. The Morgan fingerprint density at radius 3 is 2.61 bits per heavy atom. The van der Waals surface area contributed by atoms with Crippen molar-refractivity contribution in [3.63, 3.8) is 0 Å². The summed E-state index contributed by atoms with van der Waals surface area (Å²) in [5, 5.41) is 5.36. The van der Waals surface area contributed by atoms with Gasteiger partial charge in [0.25, 0.3) is 0 Å². The highest BCUT2D eigenvalue weighted by molar-refractivity contribution is 5.95. The van der Waals surface area contributed by atoms with Crippen LogP contribution in [0.2, 0.25) is 0 Å². The molecule has 0 fully saturated rings. The molecular formula is C25H25F2N3O3. The molecule has 0 spiro atoms. The normalized spacial score (nSPS) is 18.9. The summed E-state index contributed by atoms with van der Waals surface area (Å²) < 4.78 is 32.6. The highest BCUT2D eigenvalue weighted by atomic mass is 19.2. The molecule has 6 nitrogen and oxygen atoms in total. The molecule has 4 rings (SSSR count). The Bertz CT molecular complexity index is 1120. The molecule has 33 heavy (non-hydrogen) atoms. The molecule has 8 heteroatoms. The number of nitrogens with one attached hydrogen (secondary N) is 2. The Morgan fingerprint density at radius 1 is 1.15 bits per heavy atom. The van der Waals surface area contributed by atoms with Gasteiger partial charge < -0.3 is 15.4 Å². The molecule has 2 N–H and O–H groups in total. The zero-order valence-corrected chi connectivity index (χ0v) is 18.2. The fourth-order valence-corrected chi connectivity index (χ4v) is 4.13. The molecule has 0 aromatic heterocycles. The van der Waals surface area contributed by atoms with E-state index < -0.39 is 29.7 Å². The summed E-state index contributed by atoms with van der Waals surface area (Å²) in [6, 6.07) is 12.0. The van der Waals surface area contributed by atoms with E-state index >= 15 is 0 Å². The zero-order chi connectivity index (χ0) is 23.4. The van der Waals surface area contributed by atoms with Gasteiger partial charge in [-0.3, -0.25) is 4.90 Å². The van der Waals surface area contributed by atoms with Crippen LogP contribution in [0.5, 0.6) is 0 Å². The topological polar surface area (TPSA) is 70.7 Å². The van der Waals surface area contributed by atoms with Gasteiger partial charge in [-0.25, -0.2) is 18.4 Å². The number of ether oxygens (including phenoxy) is 1. The third-order valence-electron chi connectivity index (χ3n) is 5.75. The molecule has 0 aliphatic carbocycles. The quantitative estimate of drug-likeness (QED) is 0.651. The number of hydrogen-bond acceptors (Lipinski definition) is 4. The van der Waals surface area contributed by atoms with Crippen LogP contribution in [-0.2, 0) is 9.53 Å². The lowest BCUT2D eigenvalue weighted by Crippen LogP contribution is -2.48. The molecule has 2 heterocycles. The smallest absolute Gasteiger partial charge is 0.338 e. The third kappa shape index (κ3) is 5.12. The van der Waals surface area contributed by atoms with Crippen molar-refractivity contribution < 1.29 is 23.1 Å². The van der Waals surface area contributed by atoms with Gasteiger partial charge in [-0.15, -0.1) is 0 Å². The lowest BCUT2D eigenvalue weighted by Gasteiger charge is -2.33. The van der Waals surface area contributed by atoms with Crippen LogP contribution in [0.25, 0.3) is 5.57 Å². The van der Waals surface area contributed by atoms with E-state index in [4.69, 9.17) is 4.74 Å². The second-order valence-electron chi connectivity index (χ2n) is 7.90. The number of carbonyl (C=O) groups excluding carboxylic acids is 2. The van der Waals surface area contributed by atoms with Gasteiger partial charge in [0.2, 0.25) is 0 Å². The molecule has 0 saturated carbocycles. The summed E-state index contributed by atoms with van der Waals surface area (Å²) in [6.07, 6.45) is 2.96. The third-order valence-corrected chi connectivity index (χ3v) is 5.75. The molecule has 2 aliphatic heterocycles. The minimum atomic E-state index is -1.06.